The summed E-state index contributed by atoms with van der Waals surface area (Å²) in [5.41, 5.74) is 2.70. The highest BCUT2D eigenvalue weighted by Crippen LogP contribution is 2.18. The molecule has 0 fully saturated rings. The van der Waals surface area contributed by atoms with E-state index >= 15 is 0 Å². The first-order valence-corrected chi connectivity index (χ1v) is 3.96. The molecule has 0 amide bonds. The van der Waals surface area contributed by atoms with Gasteiger partial charge in [0.1, 0.15) is 5.82 Å². The maximum absolute atomic E-state index is 4.45. The van der Waals surface area contributed by atoms with Crippen molar-refractivity contribution in [1.29, 1.82) is 0 Å². The minimum atomic E-state index is 1.03. The topological polar surface area (TPSA) is 28.7 Å². The van der Waals surface area contributed by atoms with Gasteiger partial charge in [0.05, 0.1) is 5.69 Å². The number of imidazole rings is 1. The fourth-order valence-electron chi connectivity index (χ4n) is 1.52. The maximum atomic E-state index is 4.45. The molecule has 0 bridgehead atoms. The van der Waals surface area contributed by atoms with Gasteiger partial charge in [0.15, 0.2) is 0 Å². The van der Waals surface area contributed by atoms with Crippen LogP contribution >= 0.6 is 0 Å². The summed E-state index contributed by atoms with van der Waals surface area (Å²) in [4.78, 5) is 7.79. The van der Waals surface area contributed by atoms with E-state index in [0.29, 0.717) is 0 Å². The Morgan fingerprint density at radius 1 is 1.50 bits per heavy atom. The molecule has 0 unspecified atom stereocenters. The Balaban J connectivity index is 2.37. The number of aromatic amines is 1. The van der Waals surface area contributed by atoms with E-state index in [0.717, 1.165) is 12.2 Å². The molecular formula is C8H12N2. The lowest BCUT2D eigenvalue weighted by Gasteiger charge is -1.87. The first-order chi connectivity index (χ1) is 4.90. The summed E-state index contributed by atoms with van der Waals surface area (Å²) in [6, 6.07) is 0. The van der Waals surface area contributed by atoms with Gasteiger partial charge >= 0.3 is 0 Å². The van der Waals surface area contributed by atoms with Crippen molar-refractivity contribution in [2.75, 3.05) is 0 Å². The van der Waals surface area contributed by atoms with Gasteiger partial charge in [0, 0.05) is 12.1 Å². The van der Waals surface area contributed by atoms with Crippen molar-refractivity contribution in [3.63, 3.8) is 0 Å². The molecule has 2 nitrogen and oxygen atoms in total. The SMILES string of the molecule is CCc1nc2c([nH]1)CCC2. The van der Waals surface area contributed by atoms with Gasteiger partial charge in [0.25, 0.3) is 0 Å². The maximum Gasteiger partial charge on any atom is 0.106 e. The minimum Gasteiger partial charge on any atom is -0.346 e. The van der Waals surface area contributed by atoms with E-state index in [1.54, 1.807) is 0 Å². The van der Waals surface area contributed by atoms with Crippen LogP contribution in [-0.4, -0.2) is 9.97 Å². The molecule has 1 N–H and O–H groups in total. The van der Waals surface area contributed by atoms with Gasteiger partial charge in [-0.3, -0.25) is 0 Å². The number of nitrogens with one attached hydrogen (secondary N) is 1. The highest BCUT2D eigenvalue weighted by Gasteiger charge is 2.14. The second kappa shape index (κ2) is 2.11. The number of hydrogen-bond acceptors (Lipinski definition) is 1. The molecule has 0 aromatic carbocycles. The van der Waals surface area contributed by atoms with Crippen LogP contribution in [0.1, 0.15) is 30.6 Å². The van der Waals surface area contributed by atoms with Crippen LogP contribution < -0.4 is 0 Å². The summed E-state index contributed by atoms with van der Waals surface area (Å²) < 4.78 is 0. The van der Waals surface area contributed by atoms with Crippen LogP contribution in [0.3, 0.4) is 0 Å². The van der Waals surface area contributed by atoms with E-state index in [1.165, 1.54) is 30.7 Å². The van der Waals surface area contributed by atoms with Gasteiger partial charge in [-0.05, 0) is 19.3 Å². The van der Waals surface area contributed by atoms with Crippen LogP contribution in [0, 0.1) is 0 Å². The molecule has 10 heavy (non-hydrogen) atoms. The number of rotatable bonds is 1. The molecule has 0 spiro atoms. The molecule has 0 saturated carbocycles. The van der Waals surface area contributed by atoms with Gasteiger partial charge in [-0.1, -0.05) is 6.92 Å². The summed E-state index contributed by atoms with van der Waals surface area (Å²) in [5.74, 6) is 1.16. The van der Waals surface area contributed by atoms with Crippen LogP contribution in [0.15, 0.2) is 0 Å². The molecule has 2 heteroatoms. The Bertz CT molecular complexity index is 216. The molecule has 2 rings (SSSR count). The van der Waals surface area contributed by atoms with E-state index < -0.39 is 0 Å². The zero-order chi connectivity index (χ0) is 6.97. The van der Waals surface area contributed by atoms with Crippen molar-refractivity contribution in [3.05, 3.63) is 17.2 Å². The summed E-state index contributed by atoms with van der Waals surface area (Å²) in [6.45, 7) is 2.13. The van der Waals surface area contributed by atoms with Crippen LogP contribution in [0.2, 0.25) is 0 Å². The fraction of sp³-hybridized carbons (Fsp3) is 0.625. The Morgan fingerprint density at radius 3 is 3.10 bits per heavy atom. The molecule has 0 aliphatic heterocycles. The van der Waals surface area contributed by atoms with E-state index in [-0.39, 0.29) is 0 Å². The molecule has 0 saturated heterocycles. The van der Waals surface area contributed by atoms with Crippen LogP contribution in [0.5, 0.6) is 0 Å². The zero-order valence-electron chi connectivity index (χ0n) is 6.28. The zero-order valence-corrected chi connectivity index (χ0v) is 6.28. The Hall–Kier alpha value is -0.790. The van der Waals surface area contributed by atoms with Gasteiger partial charge in [-0.15, -0.1) is 0 Å². The average Bonchev–Trinajstić information content (AvgIpc) is 2.42. The van der Waals surface area contributed by atoms with Crippen LogP contribution in [0.25, 0.3) is 0 Å². The van der Waals surface area contributed by atoms with E-state index in [4.69, 9.17) is 0 Å². The highest BCUT2D eigenvalue weighted by molar-refractivity contribution is 5.19. The Labute approximate surface area is 60.7 Å². The van der Waals surface area contributed by atoms with Gasteiger partial charge in [-0.25, -0.2) is 4.98 Å². The lowest BCUT2D eigenvalue weighted by molar-refractivity contribution is 0.848. The number of aryl methyl sites for hydroxylation is 3. The lowest BCUT2D eigenvalue weighted by Crippen LogP contribution is -1.85. The smallest absolute Gasteiger partial charge is 0.106 e. The Kier molecular flexibility index (Phi) is 1.26. The number of H-pyrrole nitrogens is 1. The Morgan fingerprint density at radius 2 is 2.40 bits per heavy atom. The van der Waals surface area contributed by atoms with Crippen molar-refractivity contribution in [3.8, 4) is 0 Å². The lowest BCUT2D eigenvalue weighted by atomic mass is 10.3. The molecule has 0 atom stereocenters. The molecule has 0 radical (unpaired) electrons. The summed E-state index contributed by atoms with van der Waals surface area (Å²) in [7, 11) is 0. The van der Waals surface area contributed by atoms with E-state index in [1.807, 2.05) is 0 Å². The third-order valence-corrected chi connectivity index (χ3v) is 2.09. The molecule has 1 aliphatic carbocycles. The molecule has 54 valence electrons. The minimum absolute atomic E-state index is 1.03. The van der Waals surface area contributed by atoms with E-state index in [2.05, 4.69) is 16.9 Å². The number of nitrogens with zero attached hydrogens (tertiary/aromatic N) is 1. The predicted octanol–water partition coefficient (Wildman–Crippen LogP) is 1.46. The van der Waals surface area contributed by atoms with Crippen molar-refractivity contribution in [2.45, 2.75) is 32.6 Å². The standard InChI is InChI=1S/C8H12N2/c1-2-8-9-6-4-3-5-7(6)10-8/h2-5H2,1H3,(H,9,10). The van der Waals surface area contributed by atoms with Crippen molar-refractivity contribution >= 4 is 0 Å². The predicted molar refractivity (Wildman–Crippen MR) is 40.0 cm³/mol. The number of aromatic nitrogens is 2. The van der Waals surface area contributed by atoms with Crippen molar-refractivity contribution in [1.82, 2.24) is 9.97 Å². The third-order valence-electron chi connectivity index (χ3n) is 2.09. The molecule has 1 aromatic heterocycles. The van der Waals surface area contributed by atoms with Crippen LogP contribution in [-0.2, 0) is 19.3 Å². The van der Waals surface area contributed by atoms with Crippen LogP contribution in [0.4, 0.5) is 0 Å². The summed E-state index contributed by atoms with van der Waals surface area (Å²) >= 11 is 0. The molecular weight excluding hydrogens is 124 g/mol. The summed E-state index contributed by atoms with van der Waals surface area (Å²) in [5, 5.41) is 0. The normalized spacial score (nSPS) is 15.7. The number of hydrogen-bond donors (Lipinski definition) is 1. The third kappa shape index (κ3) is 0.753. The van der Waals surface area contributed by atoms with Gasteiger partial charge < -0.3 is 4.98 Å². The monoisotopic (exact) mass is 136 g/mol. The largest absolute Gasteiger partial charge is 0.346 e. The van der Waals surface area contributed by atoms with E-state index in [9.17, 15) is 0 Å². The number of fused-ring (bicyclic) bond motifs is 1. The van der Waals surface area contributed by atoms with Crippen molar-refractivity contribution < 1.29 is 0 Å². The second-order valence-electron chi connectivity index (χ2n) is 2.82. The quantitative estimate of drug-likeness (QED) is 0.622. The second-order valence-corrected chi connectivity index (χ2v) is 2.82. The first-order valence-electron chi connectivity index (χ1n) is 3.96. The molecule has 1 aliphatic rings. The van der Waals surface area contributed by atoms with Crippen molar-refractivity contribution in [2.24, 2.45) is 0 Å². The highest BCUT2D eigenvalue weighted by atomic mass is 14.9. The summed E-state index contributed by atoms with van der Waals surface area (Å²) in [6.07, 6.45) is 4.72. The fourth-order valence-corrected chi connectivity index (χ4v) is 1.52. The average molecular weight is 136 g/mol. The molecule has 1 heterocycles. The van der Waals surface area contributed by atoms with Gasteiger partial charge in [-0.2, -0.15) is 0 Å². The molecule has 1 aromatic rings. The first kappa shape index (κ1) is 5.96. The van der Waals surface area contributed by atoms with Gasteiger partial charge in [0.2, 0.25) is 0 Å².